The van der Waals surface area contributed by atoms with Crippen molar-refractivity contribution in [3.63, 3.8) is 0 Å². The van der Waals surface area contributed by atoms with Crippen molar-refractivity contribution >= 4 is 19.8 Å². The second-order valence-corrected chi connectivity index (χ2v) is 14.0. The molecule has 2 unspecified atom stereocenters. The van der Waals surface area contributed by atoms with Gasteiger partial charge in [-0.1, -0.05) is 135 Å². The van der Waals surface area contributed by atoms with Crippen molar-refractivity contribution in [1.29, 1.82) is 0 Å². The summed E-state index contributed by atoms with van der Waals surface area (Å²) in [5, 5.41) is 10.2. The molecule has 0 aromatic heterocycles. The third-order valence-electron chi connectivity index (χ3n) is 7.44. The minimum Gasteiger partial charge on any atom is -0.462 e. The molecule has 0 aliphatic rings. The molecule has 0 amide bonds. The van der Waals surface area contributed by atoms with Crippen molar-refractivity contribution in [3.05, 3.63) is 122 Å². The highest BCUT2D eigenvalue weighted by atomic mass is 31.2. The van der Waals surface area contributed by atoms with Gasteiger partial charge in [-0.25, -0.2) is 4.57 Å². The van der Waals surface area contributed by atoms with Gasteiger partial charge in [0.1, 0.15) is 6.61 Å². The summed E-state index contributed by atoms with van der Waals surface area (Å²) in [5.74, 6) is -1.08. The van der Waals surface area contributed by atoms with Gasteiger partial charge >= 0.3 is 19.8 Å². The van der Waals surface area contributed by atoms with E-state index < -0.39 is 38.6 Å². The zero-order valence-corrected chi connectivity index (χ0v) is 34.8. The average molecular weight is 800 g/mol. The molecule has 0 saturated carbocycles. The summed E-state index contributed by atoms with van der Waals surface area (Å²) in [4.78, 5) is 34.8. The van der Waals surface area contributed by atoms with E-state index in [4.69, 9.17) is 24.3 Å². The minimum atomic E-state index is -4.44. The highest BCUT2D eigenvalue weighted by Crippen LogP contribution is 2.43. The number of rotatable bonds is 35. The van der Waals surface area contributed by atoms with Gasteiger partial charge in [-0.2, -0.15) is 0 Å². The van der Waals surface area contributed by atoms with Crippen LogP contribution in [0.2, 0.25) is 0 Å². The van der Waals surface area contributed by atoms with Crippen molar-refractivity contribution in [2.75, 3.05) is 26.4 Å². The predicted octanol–water partition coefficient (Wildman–Crippen LogP) is 10.3. The van der Waals surface area contributed by atoms with E-state index in [-0.39, 0.29) is 32.6 Å². The van der Waals surface area contributed by atoms with E-state index in [9.17, 15) is 24.2 Å². The van der Waals surface area contributed by atoms with Crippen LogP contribution in [0.3, 0.4) is 0 Å². The molecule has 0 fully saturated rings. The van der Waals surface area contributed by atoms with E-state index in [1.165, 1.54) is 0 Å². The monoisotopic (exact) mass is 799 g/mol. The lowest BCUT2D eigenvalue weighted by atomic mass is 10.2. The van der Waals surface area contributed by atoms with Crippen molar-refractivity contribution in [3.8, 4) is 0 Å². The molecule has 3 atom stereocenters. The fraction of sp³-hybridized carbons (Fsp3) is 0.511. The number of hydrogen-bond acceptors (Lipinski definition) is 9. The first-order valence-corrected chi connectivity index (χ1v) is 21.6. The summed E-state index contributed by atoms with van der Waals surface area (Å²) in [6.07, 6.45) is 49.8. The second-order valence-electron chi connectivity index (χ2n) is 12.6. The Balaban J connectivity index is 4.51. The Hall–Kier alpha value is -3.63. The van der Waals surface area contributed by atoms with Crippen LogP contribution < -0.4 is 5.73 Å². The van der Waals surface area contributed by atoms with E-state index in [1.807, 2.05) is 18.2 Å². The molecule has 0 aromatic carbocycles. The number of nitrogens with two attached hydrogens (primary N) is 1. The van der Waals surface area contributed by atoms with Crippen molar-refractivity contribution < 1.29 is 42.7 Å². The molecule has 0 heterocycles. The molecule has 0 aliphatic heterocycles. The molecule has 0 aliphatic carbocycles. The van der Waals surface area contributed by atoms with Gasteiger partial charge < -0.3 is 25.2 Å². The van der Waals surface area contributed by atoms with Crippen LogP contribution >= 0.6 is 7.82 Å². The summed E-state index contributed by atoms with van der Waals surface area (Å²) in [6.45, 7) is 3.20. The van der Waals surface area contributed by atoms with E-state index >= 15 is 0 Å². The SMILES string of the molecule is CC/C=C\C/C=C\C/C=C\C/C=C\C=C/C(O)C/C=C\CCC(=O)OC[C@H](COP(=O)(O)OCCN)OC(=O)CCCC/C=C\C/C=C\C/C=C\C/C=C\CC. The first kappa shape index (κ1) is 52.4. The number of carbonyl (C=O) groups excluding carboxylic acids is 2. The van der Waals surface area contributed by atoms with E-state index in [1.54, 1.807) is 18.2 Å². The van der Waals surface area contributed by atoms with Crippen LogP contribution in [0.25, 0.3) is 0 Å². The van der Waals surface area contributed by atoms with E-state index in [0.29, 0.717) is 19.3 Å². The molecule has 0 rings (SSSR count). The largest absolute Gasteiger partial charge is 0.472 e. The first-order chi connectivity index (χ1) is 27.2. The third kappa shape index (κ3) is 38.6. The van der Waals surface area contributed by atoms with Crippen LogP contribution in [0.5, 0.6) is 0 Å². The number of esters is 2. The van der Waals surface area contributed by atoms with E-state index in [2.05, 4.69) is 98.9 Å². The van der Waals surface area contributed by atoms with Gasteiger partial charge in [0.05, 0.1) is 19.3 Å². The Morgan fingerprint density at radius 1 is 0.625 bits per heavy atom. The molecule has 4 N–H and O–H groups in total. The van der Waals surface area contributed by atoms with Crippen molar-refractivity contribution in [2.45, 2.75) is 122 Å². The molecule has 0 spiro atoms. The lowest BCUT2D eigenvalue weighted by molar-refractivity contribution is -0.161. The predicted molar refractivity (Wildman–Crippen MR) is 230 cm³/mol. The normalized spacial score (nSPS) is 15.2. The molecule has 314 valence electrons. The smallest absolute Gasteiger partial charge is 0.462 e. The highest BCUT2D eigenvalue weighted by Gasteiger charge is 2.25. The Morgan fingerprint density at radius 3 is 1.73 bits per heavy atom. The summed E-state index contributed by atoms with van der Waals surface area (Å²) in [7, 11) is -4.44. The quantitative estimate of drug-likeness (QED) is 0.0185. The highest BCUT2D eigenvalue weighted by molar-refractivity contribution is 7.47. The minimum absolute atomic E-state index is 0.0149. The third-order valence-corrected chi connectivity index (χ3v) is 8.42. The molecular weight excluding hydrogens is 729 g/mol. The number of allylic oxidation sites excluding steroid dienone is 18. The Bertz CT molecular complexity index is 1340. The van der Waals surface area contributed by atoms with Crippen LogP contribution in [0, 0.1) is 0 Å². The number of carbonyl (C=O) groups is 2. The zero-order valence-electron chi connectivity index (χ0n) is 33.9. The van der Waals surface area contributed by atoms with Gasteiger partial charge in [-0.3, -0.25) is 18.6 Å². The summed E-state index contributed by atoms with van der Waals surface area (Å²) in [6, 6.07) is 0. The van der Waals surface area contributed by atoms with Crippen LogP contribution in [-0.4, -0.2) is 60.5 Å². The fourth-order valence-corrected chi connectivity index (χ4v) is 5.26. The summed E-state index contributed by atoms with van der Waals surface area (Å²) in [5.41, 5.74) is 5.32. The van der Waals surface area contributed by atoms with Gasteiger partial charge in [0.2, 0.25) is 0 Å². The molecule has 56 heavy (non-hydrogen) atoms. The molecule has 0 saturated heterocycles. The van der Waals surface area contributed by atoms with Crippen molar-refractivity contribution in [1.82, 2.24) is 0 Å². The van der Waals surface area contributed by atoms with Gasteiger partial charge in [0.25, 0.3) is 0 Å². The van der Waals surface area contributed by atoms with Crippen LogP contribution in [0.15, 0.2) is 122 Å². The number of aliphatic hydroxyl groups is 1. The number of phosphoric acid groups is 1. The van der Waals surface area contributed by atoms with Crippen LogP contribution in [-0.2, 0) is 32.7 Å². The lowest BCUT2D eigenvalue weighted by Crippen LogP contribution is -2.29. The van der Waals surface area contributed by atoms with Crippen LogP contribution in [0.4, 0.5) is 0 Å². The maximum Gasteiger partial charge on any atom is 0.472 e. The average Bonchev–Trinajstić information content (AvgIpc) is 3.18. The molecular formula is C45H70NO9P. The molecule has 0 radical (unpaired) electrons. The van der Waals surface area contributed by atoms with E-state index in [0.717, 1.165) is 64.2 Å². The van der Waals surface area contributed by atoms with Gasteiger partial charge in [-0.15, -0.1) is 0 Å². The number of hydrogen-bond donors (Lipinski definition) is 3. The van der Waals surface area contributed by atoms with Crippen molar-refractivity contribution in [2.24, 2.45) is 5.73 Å². The zero-order chi connectivity index (χ0) is 41.2. The molecule has 0 aromatic rings. The number of aliphatic hydroxyl groups excluding tert-OH is 1. The van der Waals surface area contributed by atoms with Crippen LogP contribution in [0.1, 0.15) is 110 Å². The first-order valence-electron chi connectivity index (χ1n) is 20.1. The standard InChI is InChI=1S/C45H70NO9P/c1-3-5-7-9-11-13-15-17-18-20-22-24-26-28-32-37-45(49)55-43(41-54-56(50,51)53-39-38-46)40-52-44(48)36-33-29-31-35-42(47)34-30-27-25-23-21-19-16-14-12-10-8-6-4-2/h5-8,11-14,17-19,21-22,24-25,27,29-31,34,42-43,47H,3-4,9-10,15-16,20,23,26,28,32-33,35-41,46H2,1-2H3,(H,50,51)/b7-5-,8-6-,13-11-,14-12-,18-17-,21-19-,24-22-,27-25-,31-29-,34-30-/t42?,43-/m1/s1. The van der Waals surface area contributed by atoms with Gasteiger partial charge in [0, 0.05) is 19.4 Å². The Labute approximate surface area is 337 Å². The summed E-state index contributed by atoms with van der Waals surface area (Å²) < 4.78 is 32.5. The second kappa shape index (κ2) is 39.6. The van der Waals surface area contributed by atoms with Gasteiger partial charge in [0.15, 0.2) is 6.10 Å². The Morgan fingerprint density at radius 2 is 1.16 bits per heavy atom. The number of phosphoric ester groups is 1. The Kier molecular flexibility index (Phi) is 37.0. The maximum atomic E-state index is 12.5. The molecule has 11 heteroatoms. The van der Waals surface area contributed by atoms with Gasteiger partial charge in [-0.05, 0) is 83.5 Å². The fourth-order valence-electron chi connectivity index (χ4n) is 4.50. The molecule has 0 bridgehead atoms. The number of unbranched alkanes of at least 4 members (excludes halogenated alkanes) is 2. The summed E-state index contributed by atoms with van der Waals surface area (Å²) >= 11 is 0. The topological polar surface area (TPSA) is 155 Å². The number of ether oxygens (including phenoxy) is 2. The maximum absolute atomic E-state index is 12.5. The molecule has 10 nitrogen and oxygen atoms in total. The lowest BCUT2D eigenvalue weighted by Gasteiger charge is -2.19.